The van der Waals surface area contributed by atoms with Gasteiger partial charge in [-0.25, -0.2) is 8.42 Å². The first kappa shape index (κ1) is 14.1. The normalized spacial score (nSPS) is 18.4. The maximum absolute atomic E-state index is 12.6. The second-order valence-electron chi connectivity index (χ2n) is 5.01. The van der Waals surface area contributed by atoms with Crippen LogP contribution in [0.1, 0.15) is 38.2 Å². The van der Waals surface area contributed by atoms with Crippen LogP contribution in [-0.4, -0.2) is 24.2 Å². The van der Waals surface area contributed by atoms with Gasteiger partial charge in [0.15, 0.2) is 14.6 Å². The molecule has 19 heavy (non-hydrogen) atoms. The minimum atomic E-state index is -3.82. The van der Waals surface area contributed by atoms with E-state index in [-0.39, 0.29) is 17.7 Å². The molecule has 0 heterocycles. The molecule has 0 atom stereocenters. The van der Waals surface area contributed by atoms with E-state index in [2.05, 4.69) is 0 Å². The van der Waals surface area contributed by atoms with Crippen LogP contribution in [0.15, 0.2) is 29.2 Å². The number of hydrogen-bond acceptors (Lipinski definition) is 3. The maximum atomic E-state index is 12.6. The molecule has 5 heteroatoms. The molecule has 0 aromatic heterocycles. The number of aryl methyl sites for hydroxylation is 1. The summed E-state index contributed by atoms with van der Waals surface area (Å²) in [5.74, 6) is -1.22. The molecule has 104 valence electrons. The number of carboxylic acids is 1. The van der Waals surface area contributed by atoms with Gasteiger partial charge in [0.2, 0.25) is 0 Å². The SMILES string of the molecule is CCc1ccc(S(=O)(=O)C2(C(=O)O)CCCC2)cc1. The summed E-state index contributed by atoms with van der Waals surface area (Å²) in [4.78, 5) is 11.6. The molecular formula is C14H18O4S. The van der Waals surface area contributed by atoms with Crippen LogP contribution >= 0.6 is 0 Å². The van der Waals surface area contributed by atoms with Crippen LogP contribution in [0.2, 0.25) is 0 Å². The van der Waals surface area contributed by atoms with E-state index >= 15 is 0 Å². The van der Waals surface area contributed by atoms with Crippen LogP contribution in [0.3, 0.4) is 0 Å². The Morgan fingerprint density at radius 3 is 2.16 bits per heavy atom. The average molecular weight is 282 g/mol. The quantitative estimate of drug-likeness (QED) is 0.920. The van der Waals surface area contributed by atoms with Gasteiger partial charge < -0.3 is 5.11 Å². The molecule has 0 saturated heterocycles. The Morgan fingerprint density at radius 1 is 1.21 bits per heavy atom. The molecule has 1 fully saturated rings. The van der Waals surface area contributed by atoms with Gasteiger partial charge in [-0.05, 0) is 37.0 Å². The number of sulfone groups is 1. The van der Waals surface area contributed by atoms with Crippen molar-refractivity contribution in [1.82, 2.24) is 0 Å². The molecule has 1 aliphatic carbocycles. The highest BCUT2D eigenvalue weighted by Gasteiger charge is 2.53. The lowest BCUT2D eigenvalue weighted by molar-refractivity contribution is -0.139. The van der Waals surface area contributed by atoms with Gasteiger partial charge in [0, 0.05) is 0 Å². The molecule has 1 aromatic carbocycles. The summed E-state index contributed by atoms with van der Waals surface area (Å²) in [5, 5.41) is 9.38. The summed E-state index contributed by atoms with van der Waals surface area (Å²) < 4.78 is 23.6. The third kappa shape index (κ3) is 2.16. The van der Waals surface area contributed by atoms with Crippen LogP contribution < -0.4 is 0 Å². The molecule has 0 aliphatic heterocycles. The number of carbonyl (C=O) groups is 1. The largest absolute Gasteiger partial charge is 0.480 e. The molecular weight excluding hydrogens is 264 g/mol. The van der Waals surface area contributed by atoms with E-state index < -0.39 is 20.6 Å². The second kappa shape index (κ2) is 4.96. The summed E-state index contributed by atoms with van der Waals surface area (Å²) in [5.41, 5.74) is 1.04. The second-order valence-corrected chi connectivity index (χ2v) is 7.27. The van der Waals surface area contributed by atoms with E-state index in [9.17, 15) is 18.3 Å². The Balaban J connectivity index is 2.48. The van der Waals surface area contributed by atoms with Gasteiger partial charge in [0.25, 0.3) is 0 Å². The minimum absolute atomic E-state index is 0.119. The molecule has 1 saturated carbocycles. The van der Waals surface area contributed by atoms with Crippen LogP contribution in [-0.2, 0) is 21.1 Å². The third-order valence-corrected chi connectivity index (χ3v) is 6.46. The molecule has 0 bridgehead atoms. The molecule has 0 amide bonds. The average Bonchev–Trinajstić information content (AvgIpc) is 2.90. The van der Waals surface area contributed by atoms with Gasteiger partial charge >= 0.3 is 5.97 Å². The molecule has 1 N–H and O–H groups in total. The summed E-state index contributed by atoms with van der Waals surface area (Å²) >= 11 is 0. The fourth-order valence-corrected chi connectivity index (χ4v) is 4.68. The van der Waals surface area contributed by atoms with Gasteiger partial charge in [-0.1, -0.05) is 31.9 Å². The number of rotatable bonds is 4. The smallest absolute Gasteiger partial charge is 0.325 e. The van der Waals surface area contributed by atoms with E-state index in [1.165, 1.54) is 12.1 Å². The zero-order valence-corrected chi connectivity index (χ0v) is 11.7. The topological polar surface area (TPSA) is 71.4 Å². The van der Waals surface area contributed by atoms with E-state index in [0.29, 0.717) is 12.8 Å². The zero-order valence-electron chi connectivity index (χ0n) is 10.9. The van der Waals surface area contributed by atoms with E-state index in [0.717, 1.165) is 12.0 Å². The van der Waals surface area contributed by atoms with Gasteiger partial charge in [-0.3, -0.25) is 4.79 Å². The summed E-state index contributed by atoms with van der Waals surface area (Å²) in [6, 6.07) is 6.54. The van der Waals surface area contributed by atoms with Crippen molar-refractivity contribution in [3.8, 4) is 0 Å². The van der Waals surface area contributed by atoms with Gasteiger partial charge in [-0.2, -0.15) is 0 Å². The first-order valence-electron chi connectivity index (χ1n) is 6.51. The van der Waals surface area contributed by atoms with Gasteiger partial charge in [0.1, 0.15) is 0 Å². The van der Waals surface area contributed by atoms with Crippen LogP contribution in [0.25, 0.3) is 0 Å². The van der Waals surface area contributed by atoms with Crippen molar-refractivity contribution in [2.45, 2.75) is 48.7 Å². The number of carboxylic acid groups (broad SMARTS) is 1. The Bertz CT molecular complexity index is 566. The van der Waals surface area contributed by atoms with E-state index in [4.69, 9.17) is 0 Å². The van der Waals surface area contributed by atoms with Crippen molar-refractivity contribution in [2.75, 3.05) is 0 Å². The van der Waals surface area contributed by atoms with Crippen molar-refractivity contribution in [3.63, 3.8) is 0 Å². The van der Waals surface area contributed by atoms with E-state index in [1.807, 2.05) is 6.92 Å². The predicted octanol–water partition coefficient (Wildman–Crippen LogP) is 2.42. The van der Waals surface area contributed by atoms with Crippen molar-refractivity contribution in [3.05, 3.63) is 29.8 Å². The molecule has 0 spiro atoms. The fraction of sp³-hybridized carbons (Fsp3) is 0.500. The highest BCUT2D eigenvalue weighted by atomic mass is 32.2. The maximum Gasteiger partial charge on any atom is 0.325 e. The Morgan fingerprint density at radius 2 is 1.74 bits per heavy atom. The minimum Gasteiger partial charge on any atom is -0.480 e. The lowest BCUT2D eigenvalue weighted by atomic mass is 10.1. The number of benzene rings is 1. The molecule has 4 nitrogen and oxygen atoms in total. The highest BCUT2D eigenvalue weighted by molar-refractivity contribution is 7.93. The summed E-state index contributed by atoms with van der Waals surface area (Å²) in [6.45, 7) is 1.99. The Kier molecular flexibility index (Phi) is 3.67. The monoisotopic (exact) mass is 282 g/mol. The number of hydrogen-bond donors (Lipinski definition) is 1. The van der Waals surface area contributed by atoms with Gasteiger partial charge in [-0.15, -0.1) is 0 Å². The van der Waals surface area contributed by atoms with Crippen molar-refractivity contribution >= 4 is 15.8 Å². The molecule has 1 aromatic rings. The molecule has 2 rings (SSSR count). The molecule has 1 aliphatic rings. The lowest BCUT2D eigenvalue weighted by Crippen LogP contribution is -2.43. The van der Waals surface area contributed by atoms with E-state index in [1.54, 1.807) is 12.1 Å². The number of aliphatic carboxylic acids is 1. The molecule has 0 unspecified atom stereocenters. The third-order valence-electron chi connectivity index (χ3n) is 3.96. The van der Waals surface area contributed by atoms with Crippen molar-refractivity contribution in [2.24, 2.45) is 0 Å². The first-order valence-corrected chi connectivity index (χ1v) is 7.99. The fourth-order valence-electron chi connectivity index (χ4n) is 2.67. The Hall–Kier alpha value is -1.36. The van der Waals surface area contributed by atoms with Crippen LogP contribution in [0.5, 0.6) is 0 Å². The van der Waals surface area contributed by atoms with Crippen LogP contribution in [0, 0.1) is 0 Å². The standard InChI is InChI=1S/C14H18O4S/c1-2-11-5-7-12(8-6-11)19(17,18)14(13(15)16)9-3-4-10-14/h5-8H,2-4,9-10H2,1H3,(H,15,16). The van der Waals surface area contributed by atoms with Crippen molar-refractivity contribution in [1.29, 1.82) is 0 Å². The highest BCUT2D eigenvalue weighted by Crippen LogP contribution is 2.40. The van der Waals surface area contributed by atoms with Crippen molar-refractivity contribution < 1.29 is 18.3 Å². The predicted molar refractivity (Wildman–Crippen MR) is 71.8 cm³/mol. The Labute approximate surface area is 113 Å². The summed E-state index contributed by atoms with van der Waals surface area (Å²) in [6.07, 6.45) is 2.54. The summed E-state index contributed by atoms with van der Waals surface area (Å²) in [7, 11) is -3.82. The van der Waals surface area contributed by atoms with Gasteiger partial charge in [0.05, 0.1) is 4.90 Å². The lowest BCUT2D eigenvalue weighted by Gasteiger charge is -2.24. The zero-order chi connectivity index (χ0) is 14.1. The first-order chi connectivity index (χ1) is 8.94. The van der Waals surface area contributed by atoms with Crippen LogP contribution in [0.4, 0.5) is 0 Å². The molecule has 0 radical (unpaired) electrons.